The van der Waals surface area contributed by atoms with Gasteiger partial charge in [-0.15, -0.1) is 5.10 Å². The maximum Gasteiger partial charge on any atom is 0.184 e. The molecule has 4 aliphatic rings. The quantitative estimate of drug-likeness (QED) is 0.728. The van der Waals surface area contributed by atoms with Crippen LogP contribution in [0.15, 0.2) is 24.3 Å². The summed E-state index contributed by atoms with van der Waals surface area (Å²) >= 11 is 0. The molecular formula is C22H25FN6. The standard InChI is InChI=1S/C22H25FN6/c1-12-24-21(26-19-16-7-14-6-15(9-16)10-17(19)8-14)20-22(25-12)29(28-27-20)11-13-2-4-18(23)5-3-13/h2-5,14-17,19H,6-11H2,1H3,(H,24,25,26). The van der Waals surface area contributed by atoms with Crippen LogP contribution in [0.2, 0.25) is 0 Å². The van der Waals surface area contributed by atoms with Crippen LogP contribution in [0.1, 0.15) is 43.5 Å². The van der Waals surface area contributed by atoms with E-state index in [1.807, 2.05) is 6.92 Å². The molecule has 150 valence electrons. The van der Waals surface area contributed by atoms with Gasteiger partial charge < -0.3 is 5.32 Å². The second kappa shape index (κ2) is 6.47. The molecule has 2 heterocycles. The number of benzene rings is 1. The Morgan fingerprint density at radius 3 is 2.38 bits per heavy atom. The lowest BCUT2D eigenvalue weighted by Crippen LogP contribution is -2.51. The van der Waals surface area contributed by atoms with Crippen molar-refractivity contribution in [3.63, 3.8) is 0 Å². The SMILES string of the molecule is Cc1nc(NC2C3CC4CC(C3)CC2C4)c2nnn(Cc3ccc(F)cc3)c2n1. The van der Waals surface area contributed by atoms with Gasteiger partial charge in [-0.25, -0.2) is 19.0 Å². The molecule has 0 aliphatic heterocycles. The molecule has 29 heavy (non-hydrogen) atoms. The molecule has 4 fully saturated rings. The number of halogens is 1. The van der Waals surface area contributed by atoms with E-state index in [0.717, 1.165) is 46.2 Å². The summed E-state index contributed by atoms with van der Waals surface area (Å²) in [6.45, 7) is 2.42. The second-order valence-corrected chi connectivity index (χ2v) is 9.27. The van der Waals surface area contributed by atoms with Crippen molar-refractivity contribution in [3.8, 4) is 0 Å². The predicted molar refractivity (Wildman–Crippen MR) is 108 cm³/mol. The molecule has 0 spiro atoms. The summed E-state index contributed by atoms with van der Waals surface area (Å²) in [5.41, 5.74) is 2.42. The average Bonchev–Trinajstić information content (AvgIpc) is 3.08. The van der Waals surface area contributed by atoms with E-state index < -0.39 is 0 Å². The van der Waals surface area contributed by atoms with E-state index in [9.17, 15) is 4.39 Å². The molecule has 0 radical (unpaired) electrons. The Balaban J connectivity index is 1.32. The van der Waals surface area contributed by atoms with Crippen LogP contribution in [0.5, 0.6) is 0 Å². The monoisotopic (exact) mass is 392 g/mol. The lowest BCUT2D eigenvalue weighted by atomic mass is 9.54. The minimum absolute atomic E-state index is 0.238. The molecule has 7 heteroatoms. The summed E-state index contributed by atoms with van der Waals surface area (Å²) in [4.78, 5) is 9.30. The molecular weight excluding hydrogens is 367 g/mol. The first-order valence-electron chi connectivity index (χ1n) is 10.7. The number of aromatic nitrogens is 5. The minimum atomic E-state index is -0.238. The fraction of sp³-hybridized carbons (Fsp3) is 0.545. The third kappa shape index (κ3) is 2.98. The molecule has 4 aliphatic carbocycles. The van der Waals surface area contributed by atoms with Gasteiger partial charge in [0.15, 0.2) is 17.0 Å². The van der Waals surface area contributed by atoms with Gasteiger partial charge in [-0.2, -0.15) is 0 Å². The van der Waals surface area contributed by atoms with Crippen LogP contribution in [0, 0.1) is 36.4 Å². The molecule has 3 aromatic rings. The highest BCUT2D eigenvalue weighted by Crippen LogP contribution is 2.54. The third-order valence-corrected chi connectivity index (χ3v) is 7.25. The molecule has 4 saturated carbocycles. The van der Waals surface area contributed by atoms with Gasteiger partial charge in [-0.05, 0) is 80.4 Å². The number of rotatable bonds is 4. The number of fused-ring (bicyclic) bond motifs is 1. The molecule has 0 atom stereocenters. The topological polar surface area (TPSA) is 68.5 Å². The molecule has 2 aromatic heterocycles. The Kier molecular flexibility index (Phi) is 3.86. The summed E-state index contributed by atoms with van der Waals surface area (Å²) in [5.74, 6) is 4.69. The number of nitrogens with one attached hydrogen (secondary N) is 1. The van der Waals surface area contributed by atoms with Gasteiger partial charge in [0.2, 0.25) is 0 Å². The molecule has 1 aromatic carbocycles. The van der Waals surface area contributed by atoms with Crippen molar-refractivity contribution < 1.29 is 4.39 Å². The highest BCUT2D eigenvalue weighted by atomic mass is 19.1. The normalized spacial score (nSPS) is 30.2. The van der Waals surface area contributed by atoms with Crippen LogP contribution in [0.4, 0.5) is 10.2 Å². The van der Waals surface area contributed by atoms with Crippen molar-refractivity contribution in [3.05, 3.63) is 41.5 Å². The Bertz CT molecular complexity index is 1030. The zero-order valence-corrected chi connectivity index (χ0v) is 16.6. The largest absolute Gasteiger partial charge is 0.365 e. The van der Waals surface area contributed by atoms with Crippen molar-refractivity contribution in [1.29, 1.82) is 0 Å². The van der Waals surface area contributed by atoms with Gasteiger partial charge in [0, 0.05) is 6.04 Å². The molecule has 1 N–H and O–H groups in total. The summed E-state index contributed by atoms with van der Waals surface area (Å²) in [6, 6.07) is 6.96. The summed E-state index contributed by atoms with van der Waals surface area (Å²) in [7, 11) is 0. The van der Waals surface area contributed by atoms with Crippen molar-refractivity contribution in [2.24, 2.45) is 23.7 Å². The Labute approximate surface area is 168 Å². The van der Waals surface area contributed by atoms with Crippen molar-refractivity contribution in [1.82, 2.24) is 25.0 Å². The first-order valence-corrected chi connectivity index (χ1v) is 10.7. The first-order chi connectivity index (χ1) is 14.1. The van der Waals surface area contributed by atoms with Gasteiger partial charge in [0.05, 0.1) is 6.54 Å². The lowest BCUT2D eigenvalue weighted by molar-refractivity contribution is 0.00745. The van der Waals surface area contributed by atoms with Gasteiger partial charge in [-0.1, -0.05) is 17.3 Å². The highest BCUT2D eigenvalue weighted by molar-refractivity contribution is 5.82. The molecule has 4 bridgehead atoms. The van der Waals surface area contributed by atoms with Gasteiger partial charge in [0.25, 0.3) is 0 Å². The number of hydrogen-bond acceptors (Lipinski definition) is 5. The minimum Gasteiger partial charge on any atom is -0.365 e. The summed E-state index contributed by atoms with van der Waals surface area (Å²) in [6.07, 6.45) is 6.88. The average molecular weight is 392 g/mol. The fourth-order valence-electron chi connectivity index (χ4n) is 6.25. The van der Waals surface area contributed by atoms with Gasteiger partial charge >= 0.3 is 0 Å². The van der Waals surface area contributed by atoms with E-state index in [4.69, 9.17) is 4.98 Å². The molecule has 0 unspecified atom stereocenters. The van der Waals surface area contributed by atoms with Crippen LogP contribution in [0.3, 0.4) is 0 Å². The summed E-state index contributed by atoms with van der Waals surface area (Å²) in [5, 5.41) is 12.5. The van der Waals surface area contributed by atoms with Crippen LogP contribution in [-0.4, -0.2) is 31.0 Å². The molecule has 7 rings (SSSR count). The zero-order chi connectivity index (χ0) is 19.5. The Morgan fingerprint density at radius 2 is 1.69 bits per heavy atom. The van der Waals surface area contributed by atoms with Crippen LogP contribution < -0.4 is 5.32 Å². The van der Waals surface area contributed by atoms with E-state index in [0.29, 0.717) is 18.4 Å². The summed E-state index contributed by atoms with van der Waals surface area (Å²) < 4.78 is 15.0. The van der Waals surface area contributed by atoms with E-state index in [1.165, 1.54) is 44.2 Å². The molecule has 0 amide bonds. The first kappa shape index (κ1) is 17.3. The van der Waals surface area contributed by atoms with Gasteiger partial charge in [-0.3, -0.25) is 0 Å². The van der Waals surface area contributed by atoms with E-state index >= 15 is 0 Å². The highest BCUT2D eigenvalue weighted by Gasteiger charge is 2.48. The van der Waals surface area contributed by atoms with Gasteiger partial charge in [0.1, 0.15) is 11.6 Å². The number of hydrogen-bond donors (Lipinski definition) is 1. The Morgan fingerprint density at radius 1 is 1.00 bits per heavy atom. The molecule has 6 nitrogen and oxygen atoms in total. The van der Waals surface area contributed by atoms with Crippen molar-refractivity contribution in [2.75, 3.05) is 5.32 Å². The van der Waals surface area contributed by atoms with Crippen LogP contribution in [-0.2, 0) is 6.54 Å². The maximum absolute atomic E-state index is 13.2. The molecule has 0 saturated heterocycles. The maximum atomic E-state index is 13.2. The van der Waals surface area contributed by atoms with E-state index in [1.54, 1.807) is 16.8 Å². The zero-order valence-electron chi connectivity index (χ0n) is 16.6. The third-order valence-electron chi connectivity index (χ3n) is 7.25. The number of nitrogens with zero attached hydrogens (tertiary/aromatic N) is 5. The van der Waals surface area contributed by atoms with Crippen LogP contribution in [0.25, 0.3) is 11.2 Å². The Hall–Kier alpha value is -2.57. The fourth-order valence-corrected chi connectivity index (χ4v) is 6.25. The number of anilines is 1. The van der Waals surface area contributed by atoms with E-state index in [2.05, 4.69) is 20.6 Å². The predicted octanol–water partition coefficient (Wildman–Crippen LogP) is 3.95. The van der Waals surface area contributed by atoms with E-state index in [-0.39, 0.29) is 5.82 Å². The smallest absolute Gasteiger partial charge is 0.184 e. The van der Waals surface area contributed by atoms with Crippen molar-refractivity contribution >= 4 is 17.0 Å². The second-order valence-electron chi connectivity index (χ2n) is 9.27. The van der Waals surface area contributed by atoms with Crippen LogP contribution >= 0.6 is 0 Å². The lowest BCUT2D eigenvalue weighted by Gasteiger charge is -2.54. The van der Waals surface area contributed by atoms with Crippen molar-refractivity contribution in [2.45, 2.75) is 51.6 Å². The number of aryl methyl sites for hydroxylation is 1.